The number of nitrogens with zero attached hydrogens (tertiary/aromatic N) is 1. The molecule has 0 amide bonds. The molecule has 0 spiro atoms. The van der Waals surface area contributed by atoms with Crippen LogP contribution in [-0.2, 0) is 14.8 Å². The van der Waals surface area contributed by atoms with Crippen LogP contribution < -0.4 is 5.32 Å². The first kappa shape index (κ1) is 23.1. The number of carbonyl (C=O) groups is 1. The number of unbranched alkanes of at least 4 members (excludes halogenated alkanes) is 3. The molecule has 1 aromatic rings. The lowest BCUT2D eigenvalue weighted by Crippen LogP contribution is -2.33. The molecular weight excluding hydrogens is 447 g/mol. The second kappa shape index (κ2) is 9.73. The number of carboxylic acid groups (broad SMARTS) is 1. The van der Waals surface area contributed by atoms with Crippen molar-refractivity contribution in [3.05, 3.63) is 51.7 Å². The van der Waals surface area contributed by atoms with Gasteiger partial charge in [0.2, 0.25) is 0 Å². The SMILES string of the molecule is CN1C2=CC=CCC2C(NCCCCCCC(=O)O)c2cc(Cl)c(Cl)cc2S1(=O)=O. The highest BCUT2D eigenvalue weighted by Gasteiger charge is 2.40. The third-order valence-corrected chi connectivity index (χ3v) is 8.21. The third kappa shape index (κ3) is 4.85. The molecule has 0 fully saturated rings. The van der Waals surface area contributed by atoms with E-state index in [4.69, 9.17) is 28.3 Å². The predicted molar refractivity (Wildman–Crippen MR) is 118 cm³/mol. The van der Waals surface area contributed by atoms with Crippen LogP contribution in [0.1, 0.15) is 50.1 Å². The van der Waals surface area contributed by atoms with Crippen LogP contribution in [0.15, 0.2) is 41.0 Å². The Balaban J connectivity index is 1.85. The Morgan fingerprint density at radius 3 is 2.63 bits per heavy atom. The summed E-state index contributed by atoms with van der Waals surface area (Å²) in [6, 6.07) is 2.87. The smallest absolute Gasteiger partial charge is 0.303 e. The maximum absolute atomic E-state index is 13.3. The van der Waals surface area contributed by atoms with Gasteiger partial charge in [-0.3, -0.25) is 9.10 Å². The van der Waals surface area contributed by atoms with E-state index in [2.05, 4.69) is 5.32 Å². The second-order valence-corrected chi connectivity index (χ2v) is 10.4. The first-order valence-electron chi connectivity index (χ1n) is 10.0. The van der Waals surface area contributed by atoms with Crippen molar-refractivity contribution in [3.63, 3.8) is 0 Å². The first-order valence-corrected chi connectivity index (χ1v) is 12.2. The van der Waals surface area contributed by atoms with E-state index in [1.807, 2.05) is 18.2 Å². The quantitative estimate of drug-likeness (QED) is 0.532. The van der Waals surface area contributed by atoms with Gasteiger partial charge in [-0.2, -0.15) is 0 Å². The van der Waals surface area contributed by atoms with Crippen LogP contribution in [0.3, 0.4) is 0 Å². The fraction of sp³-hybridized carbons (Fsp3) is 0.476. The standard InChI is InChI=1S/C21H26Cl2N2O4S/c1-25-18-9-6-5-8-14(18)21(24-11-7-3-2-4-10-20(26)27)15-12-16(22)17(23)13-19(15)30(25,28)29/h5-6,9,12-14,21,24H,2-4,7-8,10-11H2,1H3,(H,26,27). The Kier molecular flexibility index (Phi) is 7.50. The van der Waals surface area contributed by atoms with Crippen molar-refractivity contribution >= 4 is 39.2 Å². The van der Waals surface area contributed by atoms with Crippen LogP contribution in [0.2, 0.25) is 10.0 Å². The molecule has 2 atom stereocenters. The van der Waals surface area contributed by atoms with E-state index in [0.717, 1.165) is 25.0 Å². The molecule has 2 N–H and O–H groups in total. The number of aliphatic carboxylic acids is 1. The van der Waals surface area contributed by atoms with E-state index in [1.54, 1.807) is 13.1 Å². The summed E-state index contributed by atoms with van der Waals surface area (Å²) in [5, 5.41) is 12.8. The van der Waals surface area contributed by atoms with Gasteiger partial charge in [0, 0.05) is 31.1 Å². The Morgan fingerprint density at radius 1 is 1.20 bits per heavy atom. The lowest BCUT2D eigenvalue weighted by molar-refractivity contribution is -0.137. The zero-order valence-corrected chi connectivity index (χ0v) is 19.1. The monoisotopic (exact) mass is 472 g/mol. The van der Waals surface area contributed by atoms with Crippen molar-refractivity contribution in [2.75, 3.05) is 13.6 Å². The van der Waals surface area contributed by atoms with E-state index in [9.17, 15) is 13.2 Å². The summed E-state index contributed by atoms with van der Waals surface area (Å²) >= 11 is 12.4. The van der Waals surface area contributed by atoms with Crippen LogP contribution >= 0.6 is 23.2 Å². The van der Waals surface area contributed by atoms with Gasteiger partial charge in [-0.05, 0) is 49.6 Å². The molecule has 9 heteroatoms. The molecule has 2 aliphatic rings. The number of hydrogen-bond donors (Lipinski definition) is 2. The number of carboxylic acids is 1. The number of benzene rings is 1. The largest absolute Gasteiger partial charge is 0.481 e. The van der Waals surface area contributed by atoms with Crippen LogP contribution in [0.25, 0.3) is 0 Å². The van der Waals surface area contributed by atoms with E-state index in [-0.39, 0.29) is 28.3 Å². The molecule has 0 radical (unpaired) electrons. The average molecular weight is 473 g/mol. The molecule has 3 rings (SSSR count). The maximum atomic E-state index is 13.3. The topological polar surface area (TPSA) is 86.7 Å². The fourth-order valence-electron chi connectivity index (χ4n) is 4.06. The lowest BCUT2D eigenvalue weighted by Gasteiger charge is -2.31. The molecule has 0 bridgehead atoms. The first-order chi connectivity index (χ1) is 14.2. The molecule has 30 heavy (non-hydrogen) atoms. The van der Waals surface area contributed by atoms with Crippen molar-refractivity contribution in [1.29, 1.82) is 0 Å². The summed E-state index contributed by atoms with van der Waals surface area (Å²) in [7, 11) is -2.18. The Morgan fingerprint density at radius 2 is 1.90 bits per heavy atom. The lowest BCUT2D eigenvalue weighted by atomic mass is 9.85. The second-order valence-electron chi connectivity index (χ2n) is 7.63. The van der Waals surface area contributed by atoms with Crippen molar-refractivity contribution in [2.24, 2.45) is 5.92 Å². The van der Waals surface area contributed by atoms with Crippen LogP contribution in [-0.4, -0.2) is 37.4 Å². The van der Waals surface area contributed by atoms with Crippen molar-refractivity contribution in [1.82, 2.24) is 9.62 Å². The molecular formula is C21H26Cl2N2O4S. The fourth-order valence-corrected chi connectivity index (χ4v) is 5.98. The van der Waals surface area contributed by atoms with E-state index in [0.29, 0.717) is 30.0 Å². The van der Waals surface area contributed by atoms with Gasteiger partial charge in [-0.15, -0.1) is 0 Å². The zero-order chi connectivity index (χ0) is 21.9. The van der Waals surface area contributed by atoms with Gasteiger partial charge in [0.15, 0.2) is 0 Å². The highest BCUT2D eigenvalue weighted by atomic mass is 35.5. The molecule has 1 aliphatic carbocycles. The van der Waals surface area contributed by atoms with Gasteiger partial charge in [0.1, 0.15) is 0 Å². The molecule has 0 saturated heterocycles. The Hall–Kier alpha value is -1.54. The summed E-state index contributed by atoms with van der Waals surface area (Å²) in [5.74, 6) is -0.825. The summed E-state index contributed by atoms with van der Waals surface area (Å²) in [6.07, 6.45) is 9.97. The number of allylic oxidation sites excluding steroid dienone is 3. The molecule has 2 unspecified atom stereocenters. The van der Waals surface area contributed by atoms with Crippen LogP contribution in [0.4, 0.5) is 0 Å². The number of halogens is 2. The number of sulfonamides is 1. The number of rotatable bonds is 8. The average Bonchev–Trinajstić information content (AvgIpc) is 2.76. The minimum atomic E-state index is -3.76. The van der Waals surface area contributed by atoms with E-state index < -0.39 is 16.0 Å². The van der Waals surface area contributed by atoms with E-state index >= 15 is 0 Å². The molecule has 6 nitrogen and oxygen atoms in total. The van der Waals surface area contributed by atoms with Gasteiger partial charge < -0.3 is 10.4 Å². The summed E-state index contributed by atoms with van der Waals surface area (Å²) in [5.41, 5.74) is 1.37. The van der Waals surface area contributed by atoms with Gasteiger partial charge in [0.25, 0.3) is 10.0 Å². The molecule has 1 aliphatic heterocycles. The van der Waals surface area contributed by atoms with Gasteiger partial charge in [0.05, 0.1) is 14.9 Å². The third-order valence-electron chi connectivity index (χ3n) is 5.65. The number of hydrogen-bond acceptors (Lipinski definition) is 4. The Labute approximate surface area is 187 Å². The van der Waals surface area contributed by atoms with Crippen molar-refractivity contribution < 1.29 is 18.3 Å². The van der Waals surface area contributed by atoms with Crippen LogP contribution in [0.5, 0.6) is 0 Å². The molecule has 0 saturated carbocycles. The molecule has 1 heterocycles. The minimum absolute atomic E-state index is 0.0553. The highest BCUT2D eigenvalue weighted by molar-refractivity contribution is 7.89. The molecule has 0 aromatic heterocycles. The minimum Gasteiger partial charge on any atom is -0.481 e. The molecule has 164 valence electrons. The molecule has 1 aromatic carbocycles. The normalized spacial score (nSPS) is 22.1. The van der Waals surface area contributed by atoms with E-state index in [1.165, 1.54) is 10.4 Å². The summed E-state index contributed by atoms with van der Waals surface area (Å²) in [6.45, 7) is 0.689. The highest BCUT2D eigenvalue weighted by Crippen LogP contribution is 2.44. The van der Waals surface area contributed by atoms with Crippen molar-refractivity contribution in [3.8, 4) is 0 Å². The number of fused-ring (bicyclic) bond motifs is 2. The predicted octanol–water partition coefficient (Wildman–Crippen LogP) is 4.75. The maximum Gasteiger partial charge on any atom is 0.303 e. The van der Waals surface area contributed by atoms with Gasteiger partial charge in [-0.1, -0.05) is 48.2 Å². The van der Waals surface area contributed by atoms with Gasteiger partial charge in [-0.25, -0.2) is 8.42 Å². The Bertz CT molecular complexity index is 975. The zero-order valence-electron chi connectivity index (χ0n) is 16.8. The van der Waals surface area contributed by atoms with Crippen LogP contribution in [0, 0.1) is 5.92 Å². The summed E-state index contributed by atoms with van der Waals surface area (Å²) in [4.78, 5) is 10.8. The van der Waals surface area contributed by atoms with Crippen molar-refractivity contribution in [2.45, 2.75) is 49.5 Å². The van der Waals surface area contributed by atoms with Gasteiger partial charge >= 0.3 is 5.97 Å². The summed E-state index contributed by atoms with van der Waals surface area (Å²) < 4.78 is 27.9. The number of nitrogens with one attached hydrogen (secondary N) is 1.